The van der Waals surface area contributed by atoms with Crippen LogP contribution in [0.5, 0.6) is 0 Å². The van der Waals surface area contributed by atoms with Gasteiger partial charge in [-0.2, -0.15) is 0 Å². The zero-order valence-electron chi connectivity index (χ0n) is 6.92. The van der Waals surface area contributed by atoms with E-state index in [2.05, 4.69) is 5.32 Å². The van der Waals surface area contributed by atoms with Crippen LogP contribution in [0.15, 0.2) is 0 Å². The summed E-state index contributed by atoms with van der Waals surface area (Å²) in [6, 6.07) is 0.655. The topological polar surface area (TPSA) is 32.3 Å². The van der Waals surface area contributed by atoms with E-state index in [9.17, 15) is 0 Å². The predicted octanol–water partition coefficient (Wildman–Crippen LogP) is 0.757. The van der Waals surface area contributed by atoms with Crippen molar-refractivity contribution < 1.29 is 5.11 Å². The summed E-state index contributed by atoms with van der Waals surface area (Å²) in [6.45, 7) is 1.42. The summed E-state index contributed by atoms with van der Waals surface area (Å²) < 4.78 is 0. The lowest BCUT2D eigenvalue weighted by atomic mass is 9.81. The van der Waals surface area contributed by atoms with Gasteiger partial charge in [-0.3, -0.25) is 0 Å². The lowest BCUT2D eigenvalue weighted by Gasteiger charge is -2.41. The number of rotatable bonds is 2. The molecule has 1 aliphatic heterocycles. The van der Waals surface area contributed by atoms with Gasteiger partial charge in [0.15, 0.2) is 0 Å². The summed E-state index contributed by atoms with van der Waals surface area (Å²) in [5.41, 5.74) is 0. The molecule has 0 aromatic carbocycles. The molecule has 2 N–H and O–H groups in total. The van der Waals surface area contributed by atoms with E-state index in [-0.39, 0.29) is 0 Å². The number of aliphatic hydroxyl groups is 1. The first-order valence-electron chi connectivity index (χ1n) is 4.76. The molecule has 64 valence electrons. The Bertz CT molecular complexity index is 130. The molecule has 1 heterocycles. The van der Waals surface area contributed by atoms with Crippen molar-refractivity contribution in [3.8, 4) is 0 Å². The summed E-state index contributed by atoms with van der Waals surface area (Å²) in [5.74, 6) is 1.44. The average molecular weight is 155 g/mol. The Morgan fingerprint density at radius 3 is 2.45 bits per heavy atom. The van der Waals surface area contributed by atoms with Crippen molar-refractivity contribution in [3.63, 3.8) is 0 Å². The van der Waals surface area contributed by atoms with Crippen LogP contribution in [0, 0.1) is 11.8 Å². The van der Waals surface area contributed by atoms with Gasteiger partial charge in [0, 0.05) is 25.1 Å². The van der Waals surface area contributed by atoms with Gasteiger partial charge in [-0.05, 0) is 18.8 Å². The lowest BCUT2D eigenvalue weighted by Crippen LogP contribution is -2.57. The Kier molecular flexibility index (Phi) is 2.14. The minimum Gasteiger partial charge on any atom is -0.396 e. The number of aliphatic hydroxyl groups excluding tert-OH is 1. The molecule has 2 fully saturated rings. The highest BCUT2D eigenvalue weighted by Gasteiger charge is 2.36. The molecule has 1 saturated heterocycles. The Morgan fingerprint density at radius 2 is 2.00 bits per heavy atom. The molecule has 2 heteroatoms. The molecule has 2 nitrogen and oxygen atoms in total. The largest absolute Gasteiger partial charge is 0.396 e. The van der Waals surface area contributed by atoms with Crippen LogP contribution in [0.25, 0.3) is 0 Å². The Labute approximate surface area is 68.0 Å². The SMILES string of the molecule is OCC1CNC1C1CCCC1. The summed E-state index contributed by atoms with van der Waals surface area (Å²) >= 11 is 0. The van der Waals surface area contributed by atoms with Crippen molar-refractivity contribution in [3.05, 3.63) is 0 Å². The minimum absolute atomic E-state index is 0.383. The van der Waals surface area contributed by atoms with Crippen molar-refractivity contribution in [2.75, 3.05) is 13.2 Å². The average Bonchev–Trinajstić information content (AvgIpc) is 2.39. The van der Waals surface area contributed by atoms with Crippen molar-refractivity contribution >= 4 is 0 Å². The van der Waals surface area contributed by atoms with Crippen LogP contribution < -0.4 is 5.32 Å². The molecule has 1 aliphatic carbocycles. The third-order valence-electron chi connectivity index (χ3n) is 3.27. The molecule has 1 saturated carbocycles. The fourth-order valence-electron chi connectivity index (χ4n) is 2.47. The van der Waals surface area contributed by atoms with E-state index in [0.717, 1.165) is 12.5 Å². The predicted molar refractivity (Wildman–Crippen MR) is 44.3 cm³/mol. The zero-order valence-corrected chi connectivity index (χ0v) is 6.92. The lowest BCUT2D eigenvalue weighted by molar-refractivity contribution is 0.0923. The van der Waals surface area contributed by atoms with Gasteiger partial charge >= 0.3 is 0 Å². The monoisotopic (exact) mass is 155 g/mol. The van der Waals surface area contributed by atoms with E-state index < -0.39 is 0 Å². The van der Waals surface area contributed by atoms with Gasteiger partial charge in [0.05, 0.1) is 0 Å². The van der Waals surface area contributed by atoms with E-state index in [1.165, 1.54) is 25.7 Å². The van der Waals surface area contributed by atoms with Crippen LogP contribution in [0.1, 0.15) is 25.7 Å². The van der Waals surface area contributed by atoms with Gasteiger partial charge < -0.3 is 10.4 Å². The van der Waals surface area contributed by atoms with Gasteiger partial charge in [0.2, 0.25) is 0 Å². The quantitative estimate of drug-likeness (QED) is 0.617. The molecule has 0 aromatic heterocycles. The third-order valence-corrected chi connectivity index (χ3v) is 3.27. The Balaban J connectivity index is 1.84. The van der Waals surface area contributed by atoms with E-state index in [1.807, 2.05) is 0 Å². The number of hydrogen-bond acceptors (Lipinski definition) is 2. The van der Waals surface area contributed by atoms with Crippen molar-refractivity contribution in [1.29, 1.82) is 0 Å². The summed E-state index contributed by atoms with van der Waals surface area (Å²) in [5, 5.41) is 12.4. The van der Waals surface area contributed by atoms with Crippen LogP contribution in [0.4, 0.5) is 0 Å². The smallest absolute Gasteiger partial charge is 0.0486 e. The summed E-state index contributed by atoms with van der Waals surface area (Å²) in [4.78, 5) is 0. The van der Waals surface area contributed by atoms with Crippen LogP contribution in [-0.4, -0.2) is 24.3 Å². The molecule has 0 bridgehead atoms. The second-order valence-electron chi connectivity index (χ2n) is 3.92. The first-order valence-corrected chi connectivity index (χ1v) is 4.76. The zero-order chi connectivity index (χ0) is 7.68. The van der Waals surface area contributed by atoms with Gasteiger partial charge in [-0.15, -0.1) is 0 Å². The normalized spacial score (nSPS) is 39.0. The Morgan fingerprint density at radius 1 is 1.27 bits per heavy atom. The maximum absolute atomic E-state index is 8.98. The second kappa shape index (κ2) is 3.11. The third kappa shape index (κ3) is 1.30. The molecule has 0 aromatic rings. The molecule has 2 rings (SSSR count). The maximum Gasteiger partial charge on any atom is 0.0486 e. The fourth-order valence-corrected chi connectivity index (χ4v) is 2.47. The molecule has 2 aliphatic rings. The Hall–Kier alpha value is -0.0800. The van der Waals surface area contributed by atoms with E-state index >= 15 is 0 Å². The summed E-state index contributed by atoms with van der Waals surface area (Å²) in [7, 11) is 0. The van der Waals surface area contributed by atoms with Gasteiger partial charge in [-0.25, -0.2) is 0 Å². The summed E-state index contributed by atoms with van der Waals surface area (Å²) in [6.07, 6.45) is 5.57. The van der Waals surface area contributed by atoms with Crippen molar-refractivity contribution in [2.24, 2.45) is 11.8 Å². The first kappa shape index (κ1) is 7.56. The molecule has 2 atom stereocenters. The standard InChI is InChI=1S/C9H17NO/c11-6-8-5-10-9(8)7-3-1-2-4-7/h7-11H,1-6H2. The number of nitrogens with one attached hydrogen (secondary N) is 1. The van der Waals surface area contributed by atoms with Crippen LogP contribution >= 0.6 is 0 Å². The maximum atomic E-state index is 8.98. The molecule has 11 heavy (non-hydrogen) atoms. The van der Waals surface area contributed by atoms with Crippen molar-refractivity contribution in [2.45, 2.75) is 31.7 Å². The van der Waals surface area contributed by atoms with Crippen LogP contribution in [-0.2, 0) is 0 Å². The molecular weight excluding hydrogens is 138 g/mol. The van der Waals surface area contributed by atoms with E-state index in [1.54, 1.807) is 0 Å². The van der Waals surface area contributed by atoms with Gasteiger partial charge in [0.25, 0.3) is 0 Å². The van der Waals surface area contributed by atoms with Crippen LogP contribution in [0.2, 0.25) is 0 Å². The van der Waals surface area contributed by atoms with Crippen molar-refractivity contribution in [1.82, 2.24) is 5.32 Å². The molecule has 2 unspecified atom stereocenters. The highest BCUT2D eigenvalue weighted by molar-refractivity contribution is 4.93. The highest BCUT2D eigenvalue weighted by Crippen LogP contribution is 2.33. The highest BCUT2D eigenvalue weighted by atomic mass is 16.3. The second-order valence-corrected chi connectivity index (χ2v) is 3.92. The van der Waals surface area contributed by atoms with E-state index in [4.69, 9.17) is 5.11 Å². The van der Waals surface area contributed by atoms with Crippen LogP contribution in [0.3, 0.4) is 0 Å². The van der Waals surface area contributed by atoms with E-state index in [0.29, 0.717) is 18.6 Å². The number of hydrogen-bond donors (Lipinski definition) is 2. The minimum atomic E-state index is 0.383. The molecular formula is C9H17NO. The molecule has 0 radical (unpaired) electrons. The molecule has 0 spiro atoms. The molecule has 0 amide bonds. The van der Waals surface area contributed by atoms with Gasteiger partial charge in [0.1, 0.15) is 0 Å². The first-order chi connectivity index (χ1) is 5.42. The fraction of sp³-hybridized carbons (Fsp3) is 1.00. The van der Waals surface area contributed by atoms with Gasteiger partial charge in [-0.1, -0.05) is 12.8 Å².